The predicted molar refractivity (Wildman–Crippen MR) is 118 cm³/mol. The Hall–Kier alpha value is -3.63. The number of amides is 1. The van der Waals surface area contributed by atoms with E-state index >= 15 is 0 Å². The summed E-state index contributed by atoms with van der Waals surface area (Å²) in [4.78, 5) is 30.5. The molecule has 1 unspecified atom stereocenters. The van der Waals surface area contributed by atoms with E-state index in [9.17, 15) is 18.0 Å². The second-order valence-corrected chi connectivity index (χ2v) is 8.23. The van der Waals surface area contributed by atoms with Gasteiger partial charge in [0.2, 0.25) is 5.91 Å². The van der Waals surface area contributed by atoms with Gasteiger partial charge in [0, 0.05) is 49.1 Å². The van der Waals surface area contributed by atoms with Gasteiger partial charge in [0.25, 0.3) is 0 Å². The highest BCUT2D eigenvalue weighted by Crippen LogP contribution is 2.22. The van der Waals surface area contributed by atoms with E-state index in [-0.39, 0.29) is 11.9 Å². The summed E-state index contributed by atoms with van der Waals surface area (Å²) in [7, 11) is 0. The summed E-state index contributed by atoms with van der Waals surface area (Å²) in [6.07, 6.45) is 2.43. The number of carboxylic acid groups (broad SMARTS) is 1. The molecule has 0 saturated carbocycles. The fourth-order valence-electron chi connectivity index (χ4n) is 3.69. The van der Waals surface area contributed by atoms with Crippen molar-refractivity contribution < 1.29 is 27.9 Å². The van der Waals surface area contributed by atoms with Gasteiger partial charge in [-0.3, -0.25) is 4.79 Å². The number of carboxylic acids is 1. The average molecular weight is 477 g/mol. The van der Waals surface area contributed by atoms with Crippen LogP contribution in [-0.2, 0) is 29.1 Å². The molecule has 0 radical (unpaired) electrons. The molecule has 1 atom stereocenters. The van der Waals surface area contributed by atoms with Crippen molar-refractivity contribution in [1.29, 1.82) is 0 Å². The number of aryl methyl sites for hydroxylation is 1. The summed E-state index contributed by atoms with van der Waals surface area (Å²) in [5.74, 6) is -0.388. The minimum absolute atomic E-state index is 0.0340. The molecule has 0 spiro atoms. The van der Waals surface area contributed by atoms with Gasteiger partial charge in [-0.15, -0.1) is 0 Å². The van der Waals surface area contributed by atoms with Crippen LogP contribution in [0.5, 0.6) is 0 Å². The molecule has 34 heavy (non-hydrogen) atoms. The van der Waals surface area contributed by atoms with Crippen molar-refractivity contribution in [2.75, 3.05) is 0 Å². The molecule has 4 rings (SSSR count). The normalized spacial score (nSPS) is 15.3. The second-order valence-electron chi connectivity index (χ2n) is 8.23. The van der Waals surface area contributed by atoms with E-state index < -0.39 is 12.1 Å². The number of carbonyl (C=O) groups excluding carboxylic acids is 1. The molecular formula is C23H26F3N5O3. The number of nitrogens with one attached hydrogen (secondary N) is 1. The Morgan fingerprint density at radius 2 is 1.91 bits per heavy atom. The van der Waals surface area contributed by atoms with Crippen molar-refractivity contribution in [3.63, 3.8) is 0 Å². The van der Waals surface area contributed by atoms with Crippen LogP contribution in [0.3, 0.4) is 0 Å². The lowest BCUT2D eigenvalue weighted by Crippen LogP contribution is -2.42. The number of fused-ring (bicyclic) bond motifs is 1. The fraction of sp³-hybridized carbons (Fsp3) is 0.391. The Kier molecular flexibility index (Phi) is 7.75. The van der Waals surface area contributed by atoms with Crippen molar-refractivity contribution in [3.8, 4) is 11.3 Å². The third-order valence-corrected chi connectivity index (χ3v) is 5.25. The maximum atomic E-state index is 12.5. The van der Waals surface area contributed by atoms with Crippen LogP contribution in [-0.4, -0.2) is 48.3 Å². The maximum absolute atomic E-state index is 12.5. The van der Waals surface area contributed by atoms with Gasteiger partial charge in [0.1, 0.15) is 18.2 Å². The molecule has 1 amide bonds. The summed E-state index contributed by atoms with van der Waals surface area (Å²) in [5.41, 5.74) is 2.12. The third kappa shape index (κ3) is 6.46. The molecule has 1 aliphatic rings. The summed E-state index contributed by atoms with van der Waals surface area (Å²) in [5, 5.41) is 10.3. The maximum Gasteiger partial charge on any atom is 0.490 e. The number of hydrogen-bond acceptors (Lipinski definition) is 4. The molecule has 0 fully saturated rings. The number of rotatable bonds is 5. The summed E-state index contributed by atoms with van der Waals surface area (Å²) in [6.45, 7) is 5.25. The average Bonchev–Trinajstić information content (AvgIpc) is 3.40. The molecule has 2 N–H and O–H groups in total. The fourth-order valence-corrected chi connectivity index (χ4v) is 3.69. The number of benzene rings is 1. The Morgan fingerprint density at radius 3 is 2.53 bits per heavy atom. The molecule has 1 aromatic carbocycles. The standard InChI is InChI=1S/C21H25N5O.C2HF3O2/c1-15(2)21-22-10-11-25(21)14-20(27)23-17-8-9-19-24-18(13-26(19)12-17)16-6-4-3-5-7-16;3-2(4,5)1(6)7/h3-7,10-11,13,15,17H,8-9,12,14H2,1-2H3,(H,23,27);(H,6,7). The highest BCUT2D eigenvalue weighted by Gasteiger charge is 2.38. The Labute approximate surface area is 194 Å². The van der Waals surface area contributed by atoms with Crippen molar-refractivity contribution in [1.82, 2.24) is 24.4 Å². The van der Waals surface area contributed by atoms with Crippen LogP contribution in [0.1, 0.15) is 37.8 Å². The number of aromatic nitrogens is 4. The van der Waals surface area contributed by atoms with Gasteiger partial charge in [0.05, 0.1) is 5.69 Å². The molecule has 0 aliphatic carbocycles. The lowest BCUT2D eigenvalue weighted by molar-refractivity contribution is -0.192. The molecule has 3 heterocycles. The summed E-state index contributed by atoms with van der Waals surface area (Å²) < 4.78 is 35.8. The zero-order valence-corrected chi connectivity index (χ0v) is 18.8. The molecular weight excluding hydrogens is 451 g/mol. The Balaban J connectivity index is 0.000000406. The van der Waals surface area contributed by atoms with E-state index in [0.717, 1.165) is 42.3 Å². The smallest absolute Gasteiger partial charge is 0.475 e. The Morgan fingerprint density at radius 1 is 1.24 bits per heavy atom. The number of aliphatic carboxylic acids is 1. The SMILES string of the molecule is CC(C)c1nccn1CC(=O)NC1CCc2nc(-c3ccccc3)cn2C1.O=C(O)C(F)(F)F. The van der Waals surface area contributed by atoms with E-state index in [4.69, 9.17) is 14.9 Å². The van der Waals surface area contributed by atoms with E-state index in [0.29, 0.717) is 12.5 Å². The van der Waals surface area contributed by atoms with Crippen LogP contribution in [0.25, 0.3) is 11.3 Å². The molecule has 11 heteroatoms. The van der Waals surface area contributed by atoms with E-state index in [1.54, 1.807) is 6.20 Å². The number of alkyl halides is 3. The highest BCUT2D eigenvalue weighted by molar-refractivity contribution is 5.76. The predicted octanol–water partition coefficient (Wildman–Crippen LogP) is 3.63. The number of carbonyl (C=O) groups is 2. The summed E-state index contributed by atoms with van der Waals surface area (Å²) in [6, 6.07) is 10.3. The van der Waals surface area contributed by atoms with Crippen LogP contribution >= 0.6 is 0 Å². The summed E-state index contributed by atoms with van der Waals surface area (Å²) >= 11 is 0. The zero-order chi connectivity index (χ0) is 24.9. The first-order chi connectivity index (χ1) is 16.0. The molecule has 3 aromatic rings. The molecule has 182 valence electrons. The molecule has 1 aliphatic heterocycles. The Bertz CT molecular complexity index is 1120. The molecule has 2 aromatic heterocycles. The van der Waals surface area contributed by atoms with E-state index in [1.165, 1.54) is 0 Å². The lowest BCUT2D eigenvalue weighted by atomic mass is 10.1. The van der Waals surface area contributed by atoms with Crippen molar-refractivity contribution in [2.24, 2.45) is 0 Å². The van der Waals surface area contributed by atoms with Crippen LogP contribution in [0, 0.1) is 0 Å². The quantitative estimate of drug-likeness (QED) is 0.584. The van der Waals surface area contributed by atoms with Crippen molar-refractivity contribution in [3.05, 3.63) is 60.6 Å². The molecule has 8 nitrogen and oxygen atoms in total. The number of hydrogen-bond donors (Lipinski definition) is 2. The number of imidazole rings is 2. The third-order valence-electron chi connectivity index (χ3n) is 5.25. The minimum atomic E-state index is -5.08. The van der Waals surface area contributed by atoms with Gasteiger partial charge in [-0.05, 0) is 6.42 Å². The number of nitrogens with zero attached hydrogens (tertiary/aromatic N) is 4. The van der Waals surface area contributed by atoms with Gasteiger partial charge in [-0.1, -0.05) is 44.2 Å². The van der Waals surface area contributed by atoms with Crippen LogP contribution in [0.4, 0.5) is 13.2 Å². The second kappa shape index (κ2) is 10.5. The van der Waals surface area contributed by atoms with Crippen molar-refractivity contribution in [2.45, 2.75) is 57.9 Å². The van der Waals surface area contributed by atoms with Gasteiger partial charge in [-0.25, -0.2) is 14.8 Å². The largest absolute Gasteiger partial charge is 0.490 e. The lowest BCUT2D eigenvalue weighted by Gasteiger charge is -2.25. The first-order valence-electron chi connectivity index (χ1n) is 10.8. The topological polar surface area (TPSA) is 102 Å². The van der Waals surface area contributed by atoms with Crippen LogP contribution in [0.2, 0.25) is 0 Å². The number of halogens is 3. The van der Waals surface area contributed by atoms with Crippen LogP contribution < -0.4 is 5.32 Å². The minimum Gasteiger partial charge on any atom is -0.475 e. The first kappa shape index (κ1) is 25.0. The molecule has 0 bridgehead atoms. The van der Waals surface area contributed by atoms with Gasteiger partial charge in [0.15, 0.2) is 0 Å². The van der Waals surface area contributed by atoms with Gasteiger partial charge < -0.3 is 19.6 Å². The monoisotopic (exact) mass is 477 g/mol. The van der Waals surface area contributed by atoms with E-state index in [1.807, 2.05) is 29.0 Å². The van der Waals surface area contributed by atoms with Gasteiger partial charge >= 0.3 is 12.1 Å². The van der Waals surface area contributed by atoms with Gasteiger partial charge in [-0.2, -0.15) is 13.2 Å². The van der Waals surface area contributed by atoms with E-state index in [2.05, 4.69) is 47.0 Å². The zero-order valence-electron chi connectivity index (χ0n) is 18.8. The highest BCUT2D eigenvalue weighted by atomic mass is 19.4. The van der Waals surface area contributed by atoms with Crippen LogP contribution in [0.15, 0.2) is 48.9 Å². The molecule has 0 saturated heterocycles. The first-order valence-corrected chi connectivity index (χ1v) is 10.8. The van der Waals surface area contributed by atoms with Crippen molar-refractivity contribution >= 4 is 11.9 Å².